The van der Waals surface area contributed by atoms with E-state index in [4.69, 9.17) is 15.8 Å². The summed E-state index contributed by atoms with van der Waals surface area (Å²) in [5.74, 6) is -1.26. The quantitative estimate of drug-likeness (QED) is 0.470. The fraction of sp³-hybridized carbons (Fsp3) is 0.217. The lowest BCUT2D eigenvalue weighted by atomic mass is 10.0. The smallest absolute Gasteiger partial charge is 0.323 e. The lowest BCUT2D eigenvalue weighted by Crippen LogP contribution is -2.10. The molecule has 0 fully saturated rings. The third-order valence-corrected chi connectivity index (χ3v) is 4.85. The molecule has 0 aliphatic carbocycles. The predicted octanol–water partition coefficient (Wildman–Crippen LogP) is 3.25. The summed E-state index contributed by atoms with van der Waals surface area (Å²) in [6, 6.07) is 16.3. The number of fused-ring (bicyclic) bond motifs is 2. The van der Waals surface area contributed by atoms with Gasteiger partial charge < -0.3 is 20.5 Å². The minimum atomic E-state index is -0.926. The molecule has 0 radical (unpaired) electrons. The van der Waals surface area contributed by atoms with Gasteiger partial charge in [0.1, 0.15) is 12.4 Å². The fourth-order valence-corrected chi connectivity index (χ4v) is 3.47. The summed E-state index contributed by atoms with van der Waals surface area (Å²) >= 11 is 0. The third kappa shape index (κ3) is 4.64. The molecular weight excluding hydrogens is 385 g/mol. The maximum atomic E-state index is 13.8. The first-order valence-electron chi connectivity index (χ1n) is 9.59. The first kappa shape index (κ1) is 21.4. The number of pyridine rings is 1. The summed E-state index contributed by atoms with van der Waals surface area (Å²) in [4.78, 5) is 15.9. The lowest BCUT2D eigenvalue weighted by molar-refractivity contribution is -0.137. The number of hydrogen-bond acceptors (Lipinski definition) is 4. The van der Waals surface area contributed by atoms with Crippen LogP contribution >= 0.6 is 0 Å². The molecule has 30 heavy (non-hydrogen) atoms. The number of benzene rings is 2. The van der Waals surface area contributed by atoms with Gasteiger partial charge in [0.05, 0.1) is 12.1 Å². The second kappa shape index (κ2) is 9.47. The van der Waals surface area contributed by atoms with E-state index in [0.29, 0.717) is 13.0 Å². The number of carbonyl (C=O) groups is 1. The number of carboxylic acids is 1. The Balaban J connectivity index is 0.000000589. The molecule has 0 amide bonds. The topological polar surface area (TPSA) is 101 Å². The van der Waals surface area contributed by atoms with Gasteiger partial charge in [-0.2, -0.15) is 0 Å². The molecule has 0 saturated heterocycles. The highest BCUT2D eigenvalue weighted by molar-refractivity contribution is 5.87. The summed E-state index contributed by atoms with van der Waals surface area (Å²) in [5, 5.41) is 18.8. The van der Waals surface area contributed by atoms with Gasteiger partial charge >= 0.3 is 5.97 Å². The second-order valence-corrected chi connectivity index (χ2v) is 6.89. The highest BCUT2D eigenvalue weighted by atomic mass is 19.1. The Morgan fingerprint density at radius 1 is 1.17 bits per heavy atom. The SMILES string of the molecule is Cc1c(Cc2ccc3ccccc3n2)c2cc(F)ccc2n1CC(=O)O.NCCO. The van der Waals surface area contributed by atoms with Crippen molar-refractivity contribution in [3.05, 3.63) is 77.4 Å². The zero-order valence-corrected chi connectivity index (χ0v) is 16.7. The Morgan fingerprint density at radius 2 is 1.90 bits per heavy atom. The van der Waals surface area contributed by atoms with Gasteiger partial charge in [0, 0.05) is 40.6 Å². The van der Waals surface area contributed by atoms with Crippen LogP contribution in [0.4, 0.5) is 4.39 Å². The first-order valence-corrected chi connectivity index (χ1v) is 9.59. The van der Waals surface area contributed by atoms with E-state index in [-0.39, 0.29) is 19.0 Å². The van der Waals surface area contributed by atoms with Crippen LogP contribution in [0.25, 0.3) is 21.8 Å². The Labute approximate surface area is 173 Å². The van der Waals surface area contributed by atoms with E-state index in [2.05, 4.69) is 0 Å². The van der Waals surface area contributed by atoms with E-state index < -0.39 is 5.97 Å². The fourth-order valence-electron chi connectivity index (χ4n) is 3.47. The molecule has 0 spiro atoms. The molecule has 0 bridgehead atoms. The Hall–Kier alpha value is -3.29. The molecule has 0 atom stereocenters. The van der Waals surface area contributed by atoms with E-state index >= 15 is 0 Å². The molecule has 2 aromatic carbocycles. The molecule has 6 nitrogen and oxygen atoms in total. The summed E-state index contributed by atoms with van der Waals surface area (Å²) in [6.45, 7) is 2.19. The number of aromatic nitrogens is 2. The Bertz CT molecular complexity index is 1190. The summed E-state index contributed by atoms with van der Waals surface area (Å²) in [6.07, 6.45) is 0.517. The predicted molar refractivity (Wildman–Crippen MR) is 115 cm³/mol. The number of aliphatic hydroxyl groups is 1. The van der Waals surface area contributed by atoms with Crippen LogP contribution in [0, 0.1) is 12.7 Å². The van der Waals surface area contributed by atoms with Crippen LogP contribution in [0.15, 0.2) is 54.6 Å². The second-order valence-electron chi connectivity index (χ2n) is 6.89. The van der Waals surface area contributed by atoms with Crippen LogP contribution in [0.5, 0.6) is 0 Å². The summed E-state index contributed by atoms with van der Waals surface area (Å²) < 4.78 is 15.5. The Morgan fingerprint density at radius 3 is 2.60 bits per heavy atom. The van der Waals surface area contributed by atoms with Crippen molar-refractivity contribution in [1.29, 1.82) is 0 Å². The van der Waals surface area contributed by atoms with Gasteiger partial charge in [0.15, 0.2) is 0 Å². The normalized spacial score (nSPS) is 10.8. The van der Waals surface area contributed by atoms with Crippen LogP contribution in [-0.2, 0) is 17.8 Å². The van der Waals surface area contributed by atoms with Crippen molar-refractivity contribution in [1.82, 2.24) is 9.55 Å². The van der Waals surface area contributed by atoms with Crippen molar-refractivity contribution in [2.24, 2.45) is 5.73 Å². The number of aliphatic hydroxyl groups excluding tert-OH is 1. The van der Waals surface area contributed by atoms with E-state index in [1.54, 1.807) is 10.6 Å². The number of carboxylic acid groups (broad SMARTS) is 1. The molecule has 4 rings (SSSR count). The highest BCUT2D eigenvalue weighted by Gasteiger charge is 2.17. The van der Waals surface area contributed by atoms with Gasteiger partial charge in [-0.25, -0.2) is 4.39 Å². The first-order chi connectivity index (χ1) is 14.4. The minimum Gasteiger partial charge on any atom is -0.480 e. The molecule has 2 aromatic heterocycles. The molecule has 156 valence electrons. The van der Waals surface area contributed by atoms with Crippen molar-refractivity contribution < 1.29 is 19.4 Å². The number of para-hydroxylation sites is 1. The monoisotopic (exact) mass is 409 g/mol. The van der Waals surface area contributed by atoms with Crippen molar-refractivity contribution in [2.75, 3.05) is 13.2 Å². The molecule has 2 heterocycles. The number of nitrogens with two attached hydrogens (primary N) is 1. The van der Waals surface area contributed by atoms with Gasteiger partial charge in [-0.1, -0.05) is 24.3 Å². The molecule has 0 unspecified atom stereocenters. The zero-order valence-electron chi connectivity index (χ0n) is 16.7. The van der Waals surface area contributed by atoms with E-state index in [9.17, 15) is 14.3 Å². The third-order valence-electron chi connectivity index (χ3n) is 4.85. The molecular formula is C23H24FN3O3. The standard InChI is InChI=1S/C21H17FN2O2.C2H7NO/c1-13-17(11-16-8-6-14-4-2-3-5-19(14)23-16)18-10-15(22)7-9-20(18)24(13)12-21(25)26;3-1-2-4/h2-10H,11-12H2,1H3,(H,25,26);4H,1-3H2. The van der Waals surface area contributed by atoms with Crippen molar-refractivity contribution in [2.45, 2.75) is 19.9 Å². The maximum Gasteiger partial charge on any atom is 0.323 e. The summed E-state index contributed by atoms with van der Waals surface area (Å²) in [5.41, 5.74) is 9.00. The van der Waals surface area contributed by atoms with Gasteiger partial charge in [0.2, 0.25) is 0 Å². The number of aliphatic carboxylic acids is 1. The highest BCUT2D eigenvalue weighted by Crippen LogP contribution is 2.29. The minimum absolute atomic E-state index is 0.0972. The van der Waals surface area contributed by atoms with Crippen LogP contribution in [0.1, 0.15) is 17.0 Å². The molecule has 0 aliphatic rings. The van der Waals surface area contributed by atoms with E-state index in [1.807, 2.05) is 43.3 Å². The molecule has 4 N–H and O–H groups in total. The van der Waals surface area contributed by atoms with Gasteiger partial charge in [-0.05, 0) is 42.8 Å². The van der Waals surface area contributed by atoms with Crippen molar-refractivity contribution >= 4 is 27.8 Å². The zero-order chi connectivity index (χ0) is 21.7. The van der Waals surface area contributed by atoms with Crippen LogP contribution in [-0.4, -0.2) is 38.9 Å². The van der Waals surface area contributed by atoms with E-state index in [0.717, 1.165) is 38.8 Å². The number of halogens is 1. The largest absolute Gasteiger partial charge is 0.480 e. The average Bonchev–Trinajstić information content (AvgIpc) is 2.98. The molecule has 0 saturated carbocycles. The van der Waals surface area contributed by atoms with Crippen LogP contribution < -0.4 is 5.73 Å². The van der Waals surface area contributed by atoms with Crippen LogP contribution in [0.3, 0.4) is 0 Å². The Kier molecular flexibility index (Phi) is 6.76. The molecule has 4 aromatic rings. The van der Waals surface area contributed by atoms with Gasteiger partial charge in [0.25, 0.3) is 0 Å². The number of hydrogen-bond donors (Lipinski definition) is 3. The summed E-state index contributed by atoms with van der Waals surface area (Å²) in [7, 11) is 0. The number of rotatable bonds is 5. The van der Waals surface area contributed by atoms with Gasteiger partial charge in [-0.15, -0.1) is 0 Å². The van der Waals surface area contributed by atoms with E-state index in [1.165, 1.54) is 12.1 Å². The van der Waals surface area contributed by atoms with Crippen molar-refractivity contribution in [3.63, 3.8) is 0 Å². The average molecular weight is 409 g/mol. The van der Waals surface area contributed by atoms with Gasteiger partial charge in [-0.3, -0.25) is 9.78 Å². The number of nitrogens with zero attached hydrogens (tertiary/aromatic N) is 2. The van der Waals surface area contributed by atoms with Crippen molar-refractivity contribution in [3.8, 4) is 0 Å². The van der Waals surface area contributed by atoms with Crippen LogP contribution in [0.2, 0.25) is 0 Å². The maximum absolute atomic E-state index is 13.8. The lowest BCUT2D eigenvalue weighted by Gasteiger charge is -2.06. The molecule has 0 aliphatic heterocycles. The molecule has 7 heteroatoms.